The summed E-state index contributed by atoms with van der Waals surface area (Å²) in [5, 5.41) is 5.76. The lowest BCUT2D eigenvalue weighted by atomic mass is 9.98. The minimum Gasteiger partial charge on any atom is -0.375 e. The van der Waals surface area contributed by atoms with Crippen LogP contribution >= 0.6 is 36.2 Å². The number of nitrogens with zero attached hydrogens (tertiary/aromatic N) is 1. The van der Waals surface area contributed by atoms with Crippen LogP contribution in [0.15, 0.2) is 5.38 Å². The number of aromatic nitrogens is 1. The van der Waals surface area contributed by atoms with Gasteiger partial charge in [0.2, 0.25) is 5.91 Å². The summed E-state index contributed by atoms with van der Waals surface area (Å²) < 4.78 is 5.21. The number of amides is 1. The highest BCUT2D eigenvalue weighted by molar-refractivity contribution is 7.09. The van der Waals surface area contributed by atoms with Crippen molar-refractivity contribution in [1.29, 1.82) is 0 Å². The smallest absolute Gasteiger partial charge is 0.240 e. The topological polar surface area (TPSA) is 77.2 Å². The summed E-state index contributed by atoms with van der Waals surface area (Å²) in [5.41, 5.74) is 6.28. The van der Waals surface area contributed by atoms with Crippen molar-refractivity contribution in [2.45, 2.75) is 50.8 Å². The lowest BCUT2D eigenvalue weighted by Crippen LogP contribution is -2.51. The predicted octanol–water partition coefficient (Wildman–Crippen LogP) is 2.58. The number of ether oxygens (including phenoxy) is 1. The minimum absolute atomic E-state index is 0. The Morgan fingerprint density at radius 1 is 1.52 bits per heavy atom. The lowest BCUT2D eigenvalue weighted by molar-refractivity contribution is -0.126. The largest absolute Gasteiger partial charge is 0.375 e. The van der Waals surface area contributed by atoms with Gasteiger partial charge in [-0.3, -0.25) is 4.79 Å². The van der Waals surface area contributed by atoms with Gasteiger partial charge in [0.05, 0.1) is 17.8 Å². The molecule has 1 amide bonds. The highest BCUT2D eigenvalue weighted by Gasteiger charge is 2.36. The minimum atomic E-state index is -0.668. The molecule has 21 heavy (non-hydrogen) atoms. The van der Waals surface area contributed by atoms with Crippen molar-refractivity contribution in [3.8, 4) is 0 Å². The zero-order chi connectivity index (χ0) is 13.9. The molecule has 0 aromatic carbocycles. The molecular weight excluding hydrogens is 333 g/mol. The van der Waals surface area contributed by atoms with E-state index in [-0.39, 0.29) is 36.8 Å². The second kappa shape index (κ2) is 8.90. The summed E-state index contributed by atoms with van der Waals surface area (Å²) in [4.78, 5) is 16.5. The molecule has 1 fully saturated rings. The monoisotopic (exact) mass is 355 g/mol. The fraction of sp³-hybridized carbons (Fsp3) is 0.692. The van der Waals surface area contributed by atoms with Crippen molar-refractivity contribution >= 4 is 42.1 Å². The van der Waals surface area contributed by atoms with Gasteiger partial charge in [0.1, 0.15) is 11.1 Å². The van der Waals surface area contributed by atoms with Gasteiger partial charge in [-0.2, -0.15) is 0 Å². The molecule has 0 radical (unpaired) electrons. The first-order chi connectivity index (χ1) is 9.05. The van der Waals surface area contributed by atoms with Gasteiger partial charge in [-0.1, -0.05) is 12.8 Å². The van der Waals surface area contributed by atoms with Gasteiger partial charge in [0.25, 0.3) is 0 Å². The number of methoxy groups -OCH3 is 1. The lowest BCUT2D eigenvalue weighted by Gasteiger charge is -2.21. The Bertz CT molecular complexity index is 450. The van der Waals surface area contributed by atoms with Gasteiger partial charge in [-0.25, -0.2) is 4.98 Å². The zero-order valence-corrected chi connectivity index (χ0v) is 14.7. The van der Waals surface area contributed by atoms with E-state index >= 15 is 0 Å². The molecule has 1 saturated carbocycles. The number of nitrogens with one attached hydrogen (secondary N) is 1. The van der Waals surface area contributed by atoms with Crippen LogP contribution in [0.25, 0.3) is 0 Å². The molecule has 8 heteroatoms. The molecule has 1 aliphatic carbocycles. The highest BCUT2D eigenvalue weighted by atomic mass is 35.5. The third kappa shape index (κ3) is 5.07. The number of carbonyl (C=O) groups is 1. The van der Waals surface area contributed by atoms with Gasteiger partial charge >= 0.3 is 0 Å². The van der Waals surface area contributed by atoms with Gasteiger partial charge in [0, 0.05) is 12.5 Å². The Hall–Kier alpha value is -0.400. The molecule has 1 aliphatic rings. The Balaban J connectivity index is 0.00000200. The molecule has 1 aromatic heterocycles. The van der Waals surface area contributed by atoms with Gasteiger partial charge in [-0.15, -0.1) is 36.2 Å². The molecule has 1 unspecified atom stereocenters. The third-order valence-corrected chi connectivity index (χ3v) is 4.70. The van der Waals surface area contributed by atoms with Crippen LogP contribution in [0.1, 0.15) is 49.4 Å². The van der Waals surface area contributed by atoms with Crippen LogP contribution in [0, 0.1) is 0 Å². The molecular formula is C13H23Cl2N3O2S. The van der Waals surface area contributed by atoms with Crippen molar-refractivity contribution in [3.63, 3.8) is 0 Å². The fourth-order valence-electron chi connectivity index (χ4n) is 2.27. The maximum Gasteiger partial charge on any atom is 0.240 e. The second-order valence-corrected chi connectivity index (χ2v) is 5.99. The maximum absolute atomic E-state index is 12.1. The molecule has 0 spiro atoms. The van der Waals surface area contributed by atoms with E-state index < -0.39 is 5.54 Å². The standard InChI is InChI=1S/C13H21N3O2S.2ClH/c1-9(18-2)11-16-10(8-19-11)7-15-12(17)13(14)5-3-4-6-13;;/h8-9H,3-7,14H2,1-2H3,(H,15,17);2*1H. The zero-order valence-electron chi connectivity index (χ0n) is 12.3. The number of nitrogens with two attached hydrogens (primary N) is 1. The average molecular weight is 356 g/mol. The van der Waals surface area contributed by atoms with Crippen molar-refractivity contribution in [2.75, 3.05) is 7.11 Å². The second-order valence-electron chi connectivity index (χ2n) is 5.10. The maximum atomic E-state index is 12.1. The van der Waals surface area contributed by atoms with Gasteiger partial charge in [-0.05, 0) is 19.8 Å². The van der Waals surface area contributed by atoms with E-state index in [1.54, 1.807) is 18.4 Å². The number of thiazole rings is 1. The molecule has 1 aromatic rings. The Morgan fingerprint density at radius 3 is 2.71 bits per heavy atom. The van der Waals surface area contributed by atoms with E-state index in [4.69, 9.17) is 10.5 Å². The summed E-state index contributed by atoms with van der Waals surface area (Å²) >= 11 is 1.55. The van der Waals surface area contributed by atoms with Crippen LogP contribution in [-0.4, -0.2) is 23.5 Å². The molecule has 5 nitrogen and oxygen atoms in total. The van der Waals surface area contributed by atoms with E-state index in [1.165, 1.54) is 0 Å². The van der Waals surface area contributed by atoms with Crippen LogP contribution < -0.4 is 11.1 Å². The Labute approximate surface area is 141 Å². The van der Waals surface area contributed by atoms with E-state index in [0.717, 1.165) is 36.4 Å². The first-order valence-corrected chi connectivity index (χ1v) is 7.47. The predicted molar refractivity (Wildman–Crippen MR) is 89.3 cm³/mol. The molecule has 2 rings (SSSR count). The van der Waals surface area contributed by atoms with Crippen molar-refractivity contribution in [2.24, 2.45) is 5.73 Å². The number of hydrogen-bond donors (Lipinski definition) is 2. The molecule has 3 N–H and O–H groups in total. The number of carbonyl (C=O) groups excluding carboxylic acids is 1. The molecule has 0 saturated heterocycles. The number of rotatable bonds is 5. The van der Waals surface area contributed by atoms with Gasteiger partial charge < -0.3 is 15.8 Å². The number of halogens is 2. The third-order valence-electron chi connectivity index (χ3n) is 3.65. The summed E-state index contributed by atoms with van der Waals surface area (Å²) in [7, 11) is 1.66. The fourth-order valence-corrected chi connectivity index (χ4v) is 3.12. The normalized spacial score (nSPS) is 17.5. The first kappa shape index (κ1) is 20.6. The van der Waals surface area contributed by atoms with E-state index in [0.29, 0.717) is 6.54 Å². The van der Waals surface area contributed by atoms with Crippen LogP contribution in [0.4, 0.5) is 0 Å². The van der Waals surface area contributed by atoms with Crippen molar-refractivity contribution in [3.05, 3.63) is 16.1 Å². The van der Waals surface area contributed by atoms with E-state index in [9.17, 15) is 4.79 Å². The molecule has 122 valence electrons. The average Bonchev–Trinajstić information content (AvgIpc) is 3.04. The molecule has 0 aliphatic heterocycles. The summed E-state index contributed by atoms with van der Waals surface area (Å²) in [6.07, 6.45) is 3.63. The van der Waals surface area contributed by atoms with Crippen LogP contribution in [0.2, 0.25) is 0 Å². The SMILES string of the molecule is COC(C)c1nc(CNC(=O)C2(N)CCCC2)cs1.Cl.Cl. The van der Waals surface area contributed by atoms with Crippen molar-refractivity contribution in [1.82, 2.24) is 10.3 Å². The Morgan fingerprint density at radius 2 is 2.14 bits per heavy atom. The number of hydrogen-bond acceptors (Lipinski definition) is 5. The molecule has 0 bridgehead atoms. The van der Waals surface area contributed by atoms with E-state index in [1.807, 2.05) is 12.3 Å². The first-order valence-electron chi connectivity index (χ1n) is 6.59. The highest BCUT2D eigenvalue weighted by Crippen LogP contribution is 2.27. The van der Waals surface area contributed by atoms with Crippen LogP contribution in [0.3, 0.4) is 0 Å². The van der Waals surface area contributed by atoms with Crippen LogP contribution in [-0.2, 0) is 16.1 Å². The van der Waals surface area contributed by atoms with E-state index in [2.05, 4.69) is 10.3 Å². The summed E-state index contributed by atoms with van der Waals surface area (Å²) in [6.45, 7) is 2.39. The van der Waals surface area contributed by atoms with Gasteiger partial charge in [0.15, 0.2) is 0 Å². The van der Waals surface area contributed by atoms with Crippen molar-refractivity contribution < 1.29 is 9.53 Å². The van der Waals surface area contributed by atoms with Crippen LogP contribution in [0.5, 0.6) is 0 Å². The quantitative estimate of drug-likeness (QED) is 0.850. The summed E-state index contributed by atoms with van der Waals surface area (Å²) in [6, 6.07) is 0. The molecule has 1 heterocycles. The molecule has 1 atom stereocenters. The summed E-state index contributed by atoms with van der Waals surface area (Å²) in [5.74, 6) is -0.0562. The Kier molecular flexibility index (Phi) is 8.73.